The van der Waals surface area contributed by atoms with Crippen LogP contribution in [0.1, 0.15) is 28.0 Å². The standard InChI is InChI=1S/C20H23N3O6/c1-26-17-3-2-12(10-21-17)8-13-9-14(23-20-18(13)28-6-7-29-20)19(25)22-15-11-27-5-4-16(15)24/h2-3,9-10,15-16,24H,4-8,11H2,1H3,(H,22,25). The third-order valence-corrected chi connectivity index (χ3v) is 4.86. The summed E-state index contributed by atoms with van der Waals surface area (Å²) in [6.07, 6.45) is 2.04. The largest absolute Gasteiger partial charge is 0.484 e. The van der Waals surface area contributed by atoms with Gasteiger partial charge in [0, 0.05) is 30.9 Å². The van der Waals surface area contributed by atoms with E-state index in [0.717, 1.165) is 11.1 Å². The van der Waals surface area contributed by atoms with Crippen molar-refractivity contribution in [2.24, 2.45) is 0 Å². The number of amides is 1. The topological polar surface area (TPSA) is 112 Å². The molecule has 1 fully saturated rings. The predicted molar refractivity (Wildman–Crippen MR) is 102 cm³/mol. The smallest absolute Gasteiger partial charge is 0.270 e. The molecule has 9 nitrogen and oxygen atoms in total. The Balaban J connectivity index is 1.59. The van der Waals surface area contributed by atoms with E-state index < -0.39 is 18.1 Å². The molecule has 154 valence electrons. The van der Waals surface area contributed by atoms with Crippen LogP contribution in [0.4, 0.5) is 0 Å². The van der Waals surface area contributed by atoms with E-state index in [0.29, 0.717) is 50.2 Å². The van der Waals surface area contributed by atoms with E-state index in [1.165, 1.54) is 0 Å². The molecule has 2 aromatic rings. The number of aromatic nitrogens is 2. The summed E-state index contributed by atoms with van der Waals surface area (Å²) in [5, 5.41) is 12.9. The molecule has 2 unspecified atom stereocenters. The minimum Gasteiger partial charge on any atom is -0.484 e. The molecule has 9 heteroatoms. The van der Waals surface area contributed by atoms with Gasteiger partial charge >= 0.3 is 0 Å². The molecule has 0 bridgehead atoms. The van der Waals surface area contributed by atoms with Gasteiger partial charge < -0.3 is 29.4 Å². The zero-order chi connectivity index (χ0) is 20.2. The summed E-state index contributed by atoms with van der Waals surface area (Å²) in [5.74, 6) is 0.953. The molecule has 1 saturated heterocycles. The van der Waals surface area contributed by atoms with Crippen molar-refractivity contribution in [1.82, 2.24) is 15.3 Å². The summed E-state index contributed by atoms with van der Waals surface area (Å²) in [4.78, 5) is 21.3. The molecule has 2 aromatic heterocycles. The van der Waals surface area contributed by atoms with Crippen LogP contribution in [-0.4, -0.2) is 66.7 Å². The summed E-state index contributed by atoms with van der Waals surface area (Å²) in [6.45, 7) is 1.53. The van der Waals surface area contributed by atoms with Crippen LogP contribution in [0.15, 0.2) is 24.4 Å². The molecule has 2 aliphatic heterocycles. The number of fused-ring (bicyclic) bond motifs is 1. The number of aliphatic hydroxyl groups is 1. The SMILES string of the molecule is COc1ccc(Cc2cc(C(=O)NC3COCCC3O)nc3c2OCCO3)cn1. The summed E-state index contributed by atoms with van der Waals surface area (Å²) in [7, 11) is 1.56. The van der Waals surface area contributed by atoms with Crippen LogP contribution in [0.25, 0.3) is 0 Å². The van der Waals surface area contributed by atoms with Crippen LogP contribution in [-0.2, 0) is 11.2 Å². The Morgan fingerprint density at radius 3 is 2.93 bits per heavy atom. The maximum atomic E-state index is 12.8. The number of nitrogens with zero attached hydrogens (tertiary/aromatic N) is 2. The fourth-order valence-electron chi connectivity index (χ4n) is 3.31. The molecule has 4 rings (SSSR count). The molecule has 1 amide bonds. The number of methoxy groups -OCH3 is 1. The van der Waals surface area contributed by atoms with Crippen LogP contribution in [0.5, 0.6) is 17.5 Å². The van der Waals surface area contributed by atoms with Crippen molar-refractivity contribution in [3.05, 3.63) is 41.2 Å². The Kier molecular flexibility index (Phi) is 5.77. The number of rotatable bonds is 5. The third kappa shape index (κ3) is 4.41. The highest BCUT2D eigenvalue weighted by Crippen LogP contribution is 2.34. The molecule has 0 aliphatic carbocycles. The van der Waals surface area contributed by atoms with Gasteiger partial charge in [0.25, 0.3) is 11.8 Å². The minimum absolute atomic E-state index is 0.198. The number of pyridine rings is 2. The van der Waals surface area contributed by atoms with Gasteiger partial charge in [0.05, 0.1) is 25.9 Å². The summed E-state index contributed by atoms with van der Waals surface area (Å²) < 4.78 is 21.8. The maximum Gasteiger partial charge on any atom is 0.270 e. The van der Waals surface area contributed by atoms with E-state index in [9.17, 15) is 9.90 Å². The first-order chi connectivity index (χ1) is 14.1. The number of ether oxygens (including phenoxy) is 4. The Labute approximate surface area is 168 Å². The van der Waals surface area contributed by atoms with Crippen molar-refractivity contribution in [3.63, 3.8) is 0 Å². The van der Waals surface area contributed by atoms with E-state index in [4.69, 9.17) is 18.9 Å². The van der Waals surface area contributed by atoms with Gasteiger partial charge in [0.15, 0.2) is 5.75 Å². The van der Waals surface area contributed by atoms with Crippen molar-refractivity contribution in [1.29, 1.82) is 0 Å². The summed E-state index contributed by atoms with van der Waals surface area (Å²) >= 11 is 0. The van der Waals surface area contributed by atoms with E-state index in [1.54, 1.807) is 25.4 Å². The fourth-order valence-corrected chi connectivity index (χ4v) is 3.31. The first-order valence-corrected chi connectivity index (χ1v) is 9.49. The second-order valence-corrected chi connectivity index (χ2v) is 6.89. The second kappa shape index (κ2) is 8.62. The van der Waals surface area contributed by atoms with Crippen LogP contribution >= 0.6 is 0 Å². The predicted octanol–water partition coefficient (Wildman–Crippen LogP) is 0.727. The highest BCUT2D eigenvalue weighted by Gasteiger charge is 2.28. The zero-order valence-corrected chi connectivity index (χ0v) is 16.1. The van der Waals surface area contributed by atoms with Gasteiger partial charge in [-0.2, -0.15) is 0 Å². The molecular weight excluding hydrogens is 378 g/mol. The van der Waals surface area contributed by atoms with Gasteiger partial charge in [-0.3, -0.25) is 4.79 Å². The van der Waals surface area contributed by atoms with E-state index in [-0.39, 0.29) is 12.3 Å². The molecule has 2 atom stereocenters. The van der Waals surface area contributed by atoms with Gasteiger partial charge in [-0.1, -0.05) is 6.07 Å². The first kappa shape index (κ1) is 19.4. The van der Waals surface area contributed by atoms with Crippen molar-refractivity contribution in [3.8, 4) is 17.5 Å². The van der Waals surface area contributed by atoms with Crippen LogP contribution in [0, 0.1) is 0 Å². The van der Waals surface area contributed by atoms with Gasteiger partial charge in [-0.05, 0) is 18.1 Å². The van der Waals surface area contributed by atoms with Gasteiger partial charge in [-0.15, -0.1) is 0 Å². The van der Waals surface area contributed by atoms with Gasteiger partial charge in [-0.25, -0.2) is 9.97 Å². The number of hydrogen-bond acceptors (Lipinski definition) is 8. The Morgan fingerprint density at radius 1 is 1.31 bits per heavy atom. The molecule has 2 aliphatic rings. The Bertz CT molecular complexity index is 873. The average molecular weight is 401 g/mol. The average Bonchev–Trinajstić information content (AvgIpc) is 2.76. The zero-order valence-electron chi connectivity index (χ0n) is 16.1. The Morgan fingerprint density at radius 2 is 2.17 bits per heavy atom. The molecular formula is C20H23N3O6. The Hall–Kier alpha value is -2.91. The lowest BCUT2D eigenvalue weighted by atomic mass is 10.0. The van der Waals surface area contributed by atoms with E-state index in [1.807, 2.05) is 6.07 Å². The van der Waals surface area contributed by atoms with E-state index in [2.05, 4.69) is 15.3 Å². The normalized spacial score (nSPS) is 20.8. The molecule has 4 heterocycles. The summed E-state index contributed by atoms with van der Waals surface area (Å²) in [6, 6.07) is 4.89. The summed E-state index contributed by atoms with van der Waals surface area (Å²) in [5.41, 5.74) is 1.89. The highest BCUT2D eigenvalue weighted by atomic mass is 16.6. The lowest BCUT2D eigenvalue weighted by molar-refractivity contribution is -0.0140. The lowest BCUT2D eigenvalue weighted by Gasteiger charge is -2.28. The number of carbonyl (C=O) groups is 1. The molecule has 0 spiro atoms. The number of nitrogens with one attached hydrogen (secondary N) is 1. The quantitative estimate of drug-likeness (QED) is 0.754. The lowest BCUT2D eigenvalue weighted by Crippen LogP contribution is -2.49. The van der Waals surface area contributed by atoms with Crippen LogP contribution in [0.3, 0.4) is 0 Å². The third-order valence-electron chi connectivity index (χ3n) is 4.86. The van der Waals surface area contributed by atoms with Gasteiger partial charge in [0.2, 0.25) is 5.88 Å². The van der Waals surface area contributed by atoms with Crippen molar-refractivity contribution < 1.29 is 28.8 Å². The van der Waals surface area contributed by atoms with Crippen molar-refractivity contribution in [2.45, 2.75) is 25.0 Å². The minimum atomic E-state index is -0.644. The van der Waals surface area contributed by atoms with Crippen LogP contribution < -0.4 is 19.5 Å². The molecule has 0 radical (unpaired) electrons. The monoisotopic (exact) mass is 401 g/mol. The highest BCUT2D eigenvalue weighted by molar-refractivity contribution is 5.93. The number of hydrogen-bond donors (Lipinski definition) is 2. The molecule has 2 N–H and O–H groups in total. The van der Waals surface area contributed by atoms with Gasteiger partial charge in [0.1, 0.15) is 18.9 Å². The molecule has 0 saturated carbocycles. The second-order valence-electron chi connectivity index (χ2n) is 6.89. The number of aliphatic hydroxyl groups excluding tert-OH is 1. The number of carbonyl (C=O) groups excluding carboxylic acids is 1. The first-order valence-electron chi connectivity index (χ1n) is 9.49. The van der Waals surface area contributed by atoms with Crippen molar-refractivity contribution in [2.75, 3.05) is 33.5 Å². The molecule has 0 aromatic carbocycles. The fraction of sp³-hybridized carbons (Fsp3) is 0.450. The van der Waals surface area contributed by atoms with E-state index >= 15 is 0 Å². The molecule has 29 heavy (non-hydrogen) atoms. The van der Waals surface area contributed by atoms with Crippen molar-refractivity contribution >= 4 is 5.91 Å². The van der Waals surface area contributed by atoms with Crippen LogP contribution in [0.2, 0.25) is 0 Å². The maximum absolute atomic E-state index is 12.8.